The van der Waals surface area contributed by atoms with Gasteiger partial charge in [0.2, 0.25) is 0 Å². The lowest BCUT2D eigenvalue weighted by atomic mass is 10.1. The molecular formula is C9H12N2O5S. The van der Waals surface area contributed by atoms with Crippen molar-refractivity contribution < 1.29 is 22.7 Å². The molecule has 1 aliphatic heterocycles. The number of carboxylic acids is 1. The first kappa shape index (κ1) is 11.9. The van der Waals surface area contributed by atoms with Crippen LogP contribution in [0.15, 0.2) is 10.7 Å². The number of aromatic nitrogens is 1. The summed E-state index contributed by atoms with van der Waals surface area (Å²) in [7, 11) is -2.89. The van der Waals surface area contributed by atoms with Crippen molar-refractivity contribution in [3.8, 4) is 0 Å². The quantitative estimate of drug-likeness (QED) is 0.796. The highest BCUT2D eigenvalue weighted by Crippen LogP contribution is 2.19. The van der Waals surface area contributed by atoms with Crippen LogP contribution in [0.2, 0.25) is 0 Å². The Morgan fingerprint density at radius 3 is 2.94 bits per heavy atom. The molecule has 1 saturated heterocycles. The van der Waals surface area contributed by atoms with Gasteiger partial charge in [0.05, 0.1) is 11.5 Å². The fourth-order valence-corrected chi connectivity index (χ4v) is 3.58. The maximum atomic E-state index is 11.2. The number of oxazole rings is 1. The predicted molar refractivity (Wildman–Crippen MR) is 58.7 cm³/mol. The summed E-state index contributed by atoms with van der Waals surface area (Å²) in [6, 6.07) is 0.103. The summed E-state index contributed by atoms with van der Waals surface area (Å²) < 4.78 is 27.3. The van der Waals surface area contributed by atoms with E-state index in [1.807, 2.05) is 0 Å². The molecule has 8 heteroatoms. The molecule has 0 radical (unpaired) electrons. The van der Waals surface area contributed by atoms with Crippen molar-refractivity contribution >= 4 is 21.8 Å². The van der Waals surface area contributed by atoms with Crippen LogP contribution in [0.3, 0.4) is 0 Å². The van der Waals surface area contributed by atoms with Gasteiger partial charge in [-0.05, 0) is 12.3 Å². The number of hydrogen-bond acceptors (Lipinski definition) is 6. The second-order valence-corrected chi connectivity index (χ2v) is 6.22. The van der Waals surface area contributed by atoms with Crippen molar-refractivity contribution in [2.24, 2.45) is 5.92 Å². The molecule has 2 heterocycles. The zero-order valence-corrected chi connectivity index (χ0v) is 9.74. The average molecular weight is 260 g/mol. The van der Waals surface area contributed by atoms with E-state index in [-0.39, 0.29) is 29.1 Å². The van der Waals surface area contributed by atoms with Crippen LogP contribution >= 0.6 is 0 Å². The first-order chi connectivity index (χ1) is 7.96. The SMILES string of the molecule is O=C(O)c1coc(NCC2CCS(=O)(=O)C2)n1. The number of hydrogen-bond donors (Lipinski definition) is 2. The third-order valence-corrected chi connectivity index (χ3v) is 4.43. The summed E-state index contributed by atoms with van der Waals surface area (Å²) in [6.07, 6.45) is 1.65. The largest absolute Gasteiger partial charge is 0.476 e. The molecule has 0 bridgehead atoms. The molecule has 7 nitrogen and oxygen atoms in total. The van der Waals surface area contributed by atoms with Gasteiger partial charge in [-0.2, -0.15) is 4.98 Å². The van der Waals surface area contributed by atoms with Gasteiger partial charge >= 0.3 is 5.97 Å². The molecule has 0 aliphatic carbocycles. The molecular weight excluding hydrogens is 248 g/mol. The van der Waals surface area contributed by atoms with E-state index >= 15 is 0 Å². The summed E-state index contributed by atoms with van der Waals surface area (Å²) in [6.45, 7) is 0.415. The van der Waals surface area contributed by atoms with Crippen molar-refractivity contribution in [1.29, 1.82) is 0 Å². The minimum Gasteiger partial charge on any atom is -0.476 e. The van der Waals surface area contributed by atoms with E-state index < -0.39 is 15.8 Å². The van der Waals surface area contributed by atoms with E-state index in [0.29, 0.717) is 13.0 Å². The van der Waals surface area contributed by atoms with E-state index in [2.05, 4.69) is 10.3 Å². The monoisotopic (exact) mass is 260 g/mol. The van der Waals surface area contributed by atoms with E-state index in [1.54, 1.807) is 0 Å². The van der Waals surface area contributed by atoms with Crippen molar-refractivity contribution in [2.75, 3.05) is 23.4 Å². The number of aromatic carboxylic acids is 1. The number of carboxylic acid groups (broad SMARTS) is 1. The Hall–Kier alpha value is -1.57. The summed E-state index contributed by atoms with van der Waals surface area (Å²) in [5, 5.41) is 11.4. The molecule has 1 unspecified atom stereocenters. The molecule has 1 aromatic heterocycles. The third-order valence-electron chi connectivity index (χ3n) is 2.59. The van der Waals surface area contributed by atoms with Crippen molar-refractivity contribution in [3.05, 3.63) is 12.0 Å². The van der Waals surface area contributed by atoms with Crippen LogP contribution < -0.4 is 5.32 Å². The van der Waals surface area contributed by atoms with Gasteiger partial charge in [-0.3, -0.25) is 0 Å². The van der Waals surface area contributed by atoms with E-state index in [1.165, 1.54) is 0 Å². The highest BCUT2D eigenvalue weighted by molar-refractivity contribution is 7.91. The van der Waals surface area contributed by atoms with Crippen LogP contribution in [0.5, 0.6) is 0 Å². The average Bonchev–Trinajstić information content (AvgIpc) is 2.81. The number of carbonyl (C=O) groups is 1. The van der Waals surface area contributed by atoms with Gasteiger partial charge in [-0.25, -0.2) is 13.2 Å². The lowest BCUT2D eigenvalue weighted by Crippen LogP contribution is -2.15. The number of nitrogens with zero attached hydrogens (tertiary/aromatic N) is 1. The van der Waals surface area contributed by atoms with Gasteiger partial charge in [0.25, 0.3) is 6.01 Å². The summed E-state index contributed by atoms with van der Waals surface area (Å²) in [4.78, 5) is 14.2. The first-order valence-corrected chi connectivity index (χ1v) is 6.91. The summed E-state index contributed by atoms with van der Waals surface area (Å²) in [5.41, 5.74) is -0.174. The van der Waals surface area contributed by atoms with Gasteiger partial charge in [-0.1, -0.05) is 0 Å². The lowest BCUT2D eigenvalue weighted by molar-refractivity contribution is 0.0690. The normalized spacial score (nSPS) is 22.5. The van der Waals surface area contributed by atoms with Gasteiger partial charge in [-0.15, -0.1) is 0 Å². The van der Waals surface area contributed by atoms with Gasteiger partial charge < -0.3 is 14.8 Å². The van der Waals surface area contributed by atoms with Crippen molar-refractivity contribution in [3.63, 3.8) is 0 Å². The molecule has 1 atom stereocenters. The molecule has 0 aromatic carbocycles. The smallest absolute Gasteiger partial charge is 0.357 e. The molecule has 2 rings (SSSR count). The fourth-order valence-electron chi connectivity index (χ4n) is 1.72. The zero-order valence-electron chi connectivity index (χ0n) is 8.92. The molecule has 0 amide bonds. The van der Waals surface area contributed by atoms with Crippen LogP contribution in [-0.2, 0) is 9.84 Å². The van der Waals surface area contributed by atoms with Gasteiger partial charge in [0, 0.05) is 6.54 Å². The molecule has 94 valence electrons. The molecule has 1 aliphatic rings. The minimum absolute atomic E-state index is 0.0279. The fraction of sp³-hybridized carbons (Fsp3) is 0.556. The third kappa shape index (κ3) is 2.96. The second kappa shape index (κ2) is 4.36. The lowest BCUT2D eigenvalue weighted by Gasteiger charge is -2.06. The van der Waals surface area contributed by atoms with Crippen molar-refractivity contribution in [1.82, 2.24) is 4.98 Å². The number of rotatable bonds is 4. The van der Waals surface area contributed by atoms with E-state index in [9.17, 15) is 13.2 Å². The topological polar surface area (TPSA) is 109 Å². The Morgan fingerprint density at radius 2 is 2.41 bits per heavy atom. The Kier molecular flexibility index (Phi) is 3.05. The molecule has 1 aromatic rings. The van der Waals surface area contributed by atoms with Crippen molar-refractivity contribution in [2.45, 2.75) is 6.42 Å². The maximum absolute atomic E-state index is 11.2. The van der Waals surface area contributed by atoms with Crippen LogP contribution in [0.1, 0.15) is 16.9 Å². The summed E-state index contributed by atoms with van der Waals surface area (Å²) in [5.74, 6) is -0.761. The highest BCUT2D eigenvalue weighted by Gasteiger charge is 2.27. The number of nitrogens with one attached hydrogen (secondary N) is 1. The van der Waals surface area contributed by atoms with Crippen LogP contribution in [0, 0.1) is 5.92 Å². The molecule has 0 spiro atoms. The Labute approximate surface area is 97.8 Å². The Bertz CT molecular complexity index is 521. The van der Waals surface area contributed by atoms with Gasteiger partial charge in [0.1, 0.15) is 6.26 Å². The van der Waals surface area contributed by atoms with Crippen LogP contribution in [0.4, 0.5) is 6.01 Å². The molecule has 1 fully saturated rings. The second-order valence-electron chi connectivity index (χ2n) is 3.99. The Balaban J connectivity index is 1.88. The van der Waals surface area contributed by atoms with Gasteiger partial charge in [0.15, 0.2) is 15.5 Å². The highest BCUT2D eigenvalue weighted by atomic mass is 32.2. The summed E-state index contributed by atoms with van der Waals surface area (Å²) >= 11 is 0. The molecule has 2 N–H and O–H groups in total. The number of anilines is 1. The standard InChI is InChI=1S/C9H12N2O5S/c12-8(13)7-4-16-9(11-7)10-3-6-1-2-17(14,15)5-6/h4,6H,1-3,5H2,(H,10,11)(H,12,13). The van der Waals surface area contributed by atoms with Crippen LogP contribution in [-0.4, -0.2) is 42.5 Å². The number of sulfone groups is 1. The van der Waals surface area contributed by atoms with E-state index in [4.69, 9.17) is 9.52 Å². The molecule has 17 heavy (non-hydrogen) atoms. The molecule has 0 saturated carbocycles. The first-order valence-electron chi connectivity index (χ1n) is 5.09. The minimum atomic E-state index is -2.89. The Morgan fingerprint density at radius 1 is 1.65 bits per heavy atom. The maximum Gasteiger partial charge on any atom is 0.357 e. The van der Waals surface area contributed by atoms with Crippen LogP contribution in [0.25, 0.3) is 0 Å². The predicted octanol–water partition coefficient (Wildman–Crippen LogP) is 0.219. The zero-order chi connectivity index (χ0) is 12.5. The van der Waals surface area contributed by atoms with E-state index in [0.717, 1.165) is 6.26 Å².